The molecule has 0 unspecified atom stereocenters. The fourth-order valence-electron chi connectivity index (χ4n) is 4.00. The van der Waals surface area contributed by atoms with Gasteiger partial charge < -0.3 is 19.5 Å². The SMILES string of the molecule is O=C(Cc1ccccc1)N1CCC2(CC1)CN(C(=O)c1ccc[nH]1)CCO2. The number of H-pyrrole nitrogens is 1. The third-order valence-electron chi connectivity index (χ3n) is 5.59. The van der Waals surface area contributed by atoms with Gasteiger partial charge in [0.1, 0.15) is 5.69 Å². The second-order valence-corrected chi connectivity index (χ2v) is 7.39. The van der Waals surface area contributed by atoms with Gasteiger partial charge in [0.15, 0.2) is 0 Å². The fraction of sp³-hybridized carbons (Fsp3) is 0.429. The zero-order valence-corrected chi connectivity index (χ0v) is 15.4. The average molecular weight is 367 g/mol. The first-order chi connectivity index (χ1) is 13.2. The number of benzene rings is 1. The van der Waals surface area contributed by atoms with Gasteiger partial charge in [-0.1, -0.05) is 30.3 Å². The van der Waals surface area contributed by atoms with Crippen LogP contribution in [0.2, 0.25) is 0 Å². The molecule has 1 N–H and O–H groups in total. The molecule has 6 nitrogen and oxygen atoms in total. The lowest BCUT2D eigenvalue weighted by molar-refractivity contribution is -0.146. The molecule has 2 aliphatic rings. The molecule has 1 aromatic carbocycles. The standard InChI is InChI=1S/C21H25N3O3/c25-19(15-17-5-2-1-3-6-17)23-11-8-21(9-12-23)16-24(13-14-27-21)20(26)18-7-4-10-22-18/h1-7,10,22H,8-9,11-16H2. The summed E-state index contributed by atoms with van der Waals surface area (Å²) in [6.07, 6.45) is 3.73. The Hall–Kier alpha value is -2.60. The molecule has 2 saturated heterocycles. The lowest BCUT2D eigenvalue weighted by Gasteiger charge is -2.47. The van der Waals surface area contributed by atoms with Crippen molar-refractivity contribution in [2.75, 3.05) is 32.8 Å². The predicted molar refractivity (Wildman–Crippen MR) is 101 cm³/mol. The number of amides is 2. The van der Waals surface area contributed by atoms with Crippen molar-refractivity contribution in [3.8, 4) is 0 Å². The Bertz CT molecular complexity index is 780. The molecule has 6 heteroatoms. The number of rotatable bonds is 3. The highest BCUT2D eigenvalue weighted by atomic mass is 16.5. The summed E-state index contributed by atoms with van der Waals surface area (Å²) in [5.74, 6) is 0.177. The van der Waals surface area contributed by atoms with Gasteiger partial charge in [-0.3, -0.25) is 9.59 Å². The third kappa shape index (κ3) is 3.90. The van der Waals surface area contributed by atoms with E-state index in [9.17, 15) is 9.59 Å². The fourth-order valence-corrected chi connectivity index (χ4v) is 4.00. The number of ether oxygens (including phenoxy) is 1. The van der Waals surface area contributed by atoms with E-state index in [0.29, 0.717) is 44.9 Å². The molecule has 0 aliphatic carbocycles. The molecule has 142 valence electrons. The molecule has 1 spiro atoms. The van der Waals surface area contributed by atoms with Gasteiger partial charge in [-0.15, -0.1) is 0 Å². The maximum Gasteiger partial charge on any atom is 0.270 e. The zero-order valence-electron chi connectivity index (χ0n) is 15.4. The molecule has 0 saturated carbocycles. The van der Waals surface area contributed by atoms with Crippen molar-refractivity contribution in [3.63, 3.8) is 0 Å². The van der Waals surface area contributed by atoms with Gasteiger partial charge in [0.2, 0.25) is 5.91 Å². The van der Waals surface area contributed by atoms with Crippen LogP contribution in [-0.2, 0) is 16.0 Å². The molecule has 2 fully saturated rings. The number of morpholine rings is 1. The molecule has 2 amide bonds. The van der Waals surface area contributed by atoms with Gasteiger partial charge in [-0.05, 0) is 30.5 Å². The Morgan fingerprint density at radius 2 is 1.78 bits per heavy atom. The summed E-state index contributed by atoms with van der Waals surface area (Å²) < 4.78 is 6.11. The van der Waals surface area contributed by atoms with Gasteiger partial charge in [0, 0.05) is 25.8 Å². The van der Waals surface area contributed by atoms with Crippen molar-refractivity contribution < 1.29 is 14.3 Å². The van der Waals surface area contributed by atoms with E-state index in [1.165, 1.54) is 0 Å². The molecule has 2 aliphatic heterocycles. The summed E-state index contributed by atoms with van der Waals surface area (Å²) >= 11 is 0. The number of aromatic nitrogens is 1. The van der Waals surface area contributed by atoms with E-state index in [1.54, 1.807) is 12.3 Å². The highest BCUT2D eigenvalue weighted by Crippen LogP contribution is 2.31. The van der Waals surface area contributed by atoms with Crippen molar-refractivity contribution in [1.29, 1.82) is 0 Å². The smallest absolute Gasteiger partial charge is 0.270 e. The summed E-state index contributed by atoms with van der Waals surface area (Å²) in [5.41, 5.74) is 1.33. The summed E-state index contributed by atoms with van der Waals surface area (Å²) in [6.45, 7) is 3.10. The highest BCUT2D eigenvalue weighted by Gasteiger charge is 2.42. The first kappa shape index (κ1) is 17.8. The number of nitrogens with zero attached hydrogens (tertiary/aromatic N) is 2. The summed E-state index contributed by atoms with van der Waals surface area (Å²) in [5, 5.41) is 0. The van der Waals surface area contributed by atoms with E-state index in [2.05, 4.69) is 4.98 Å². The number of hydrogen-bond acceptors (Lipinski definition) is 3. The van der Waals surface area contributed by atoms with Crippen LogP contribution < -0.4 is 0 Å². The molecule has 0 atom stereocenters. The number of hydrogen-bond donors (Lipinski definition) is 1. The normalized spacial score (nSPS) is 19.3. The first-order valence-corrected chi connectivity index (χ1v) is 9.54. The minimum atomic E-state index is -0.329. The second kappa shape index (κ2) is 7.56. The topological polar surface area (TPSA) is 65.6 Å². The van der Waals surface area contributed by atoms with Crippen LogP contribution in [0.1, 0.15) is 28.9 Å². The first-order valence-electron chi connectivity index (χ1n) is 9.54. The van der Waals surface area contributed by atoms with Crippen molar-refractivity contribution in [2.45, 2.75) is 24.9 Å². The van der Waals surface area contributed by atoms with E-state index in [1.807, 2.05) is 46.2 Å². The van der Waals surface area contributed by atoms with Crippen LogP contribution in [0.15, 0.2) is 48.7 Å². The molecular weight excluding hydrogens is 342 g/mol. The molecule has 0 radical (unpaired) electrons. The Labute approximate surface area is 159 Å². The maximum atomic E-state index is 12.6. The molecule has 4 rings (SSSR count). The van der Waals surface area contributed by atoms with Crippen molar-refractivity contribution in [1.82, 2.24) is 14.8 Å². The van der Waals surface area contributed by atoms with Gasteiger partial charge in [0.05, 0.1) is 25.2 Å². The molecule has 3 heterocycles. The quantitative estimate of drug-likeness (QED) is 0.903. The molecule has 0 bridgehead atoms. The van der Waals surface area contributed by atoms with Crippen LogP contribution in [0.3, 0.4) is 0 Å². The van der Waals surface area contributed by atoms with Gasteiger partial charge in [0.25, 0.3) is 5.91 Å². The third-order valence-corrected chi connectivity index (χ3v) is 5.59. The van der Waals surface area contributed by atoms with E-state index in [4.69, 9.17) is 4.74 Å². The Balaban J connectivity index is 1.35. The van der Waals surface area contributed by atoms with E-state index in [0.717, 1.165) is 18.4 Å². The minimum absolute atomic E-state index is 0.0188. The molecule has 1 aromatic heterocycles. The van der Waals surface area contributed by atoms with Crippen molar-refractivity contribution in [2.24, 2.45) is 0 Å². The number of carbonyl (C=O) groups excluding carboxylic acids is 2. The van der Waals surface area contributed by atoms with E-state index < -0.39 is 0 Å². The molecule has 27 heavy (non-hydrogen) atoms. The molecule has 2 aromatic rings. The van der Waals surface area contributed by atoms with E-state index >= 15 is 0 Å². The number of aromatic amines is 1. The van der Waals surface area contributed by atoms with Gasteiger partial charge >= 0.3 is 0 Å². The van der Waals surface area contributed by atoms with Crippen molar-refractivity contribution in [3.05, 3.63) is 59.9 Å². The van der Waals surface area contributed by atoms with Crippen LogP contribution in [-0.4, -0.2) is 65.0 Å². The highest BCUT2D eigenvalue weighted by molar-refractivity contribution is 5.92. The van der Waals surface area contributed by atoms with Crippen LogP contribution in [0.25, 0.3) is 0 Å². The molecular formula is C21H25N3O3. The number of carbonyl (C=O) groups is 2. The van der Waals surface area contributed by atoms with Gasteiger partial charge in [-0.25, -0.2) is 0 Å². The Morgan fingerprint density at radius 3 is 2.48 bits per heavy atom. The lowest BCUT2D eigenvalue weighted by Crippen LogP contribution is -2.58. The van der Waals surface area contributed by atoms with Crippen LogP contribution in [0, 0.1) is 0 Å². The predicted octanol–water partition coefficient (Wildman–Crippen LogP) is 2.09. The zero-order chi connectivity index (χ0) is 18.7. The van der Waals surface area contributed by atoms with Crippen molar-refractivity contribution >= 4 is 11.8 Å². The number of piperidine rings is 1. The van der Waals surface area contributed by atoms with Gasteiger partial charge in [-0.2, -0.15) is 0 Å². The lowest BCUT2D eigenvalue weighted by atomic mass is 9.89. The summed E-state index contributed by atoms with van der Waals surface area (Å²) in [4.78, 5) is 32.0. The van der Waals surface area contributed by atoms with Crippen LogP contribution in [0.5, 0.6) is 0 Å². The maximum absolute atomic E-state index is 12.6. The Kier molecular flexibility index (Phi) is 4.99. The summed E-state index contributed by atoms with van der Waals surface area (Å²) in [6, 6.07) is 13.5. The minimum Gasteiger partial charge on any atom is -0.371 e. The van der Waals surface area contributed by atoms with Crippen LogP contribution in [0.4, 0.5) is 0 Å². The monoisotopic (exact) mass is 367 g/mol. The average Bonchev–Trinajstić information content (AvgIpc) is 3.23. The second-order valence-electron chi connectivity index (χ2n) is 7.39. The van der Waals surface area contributed by atoms with Crippen LogP contribution >= 0.6 is 0 Å². The number of likely N-dealkylation sites (tertiary alicyclic amines) is 1. The summed E-state index contributed by atoms with van der Waals surface area (Å²) in [7, 11) is 0. The number of nitrogens with one attached hydrogen (secondary N) is 1. The largest absolute Gasteiger partial charge is 0.371 e. The van der Waals surface area contributed by atoms with E-state index in [-0.39, 0.29) is 17.4 Å². The Morgan fingerprint density at radius 1 is 1.00 bits per heavy atom.